The molecule has 33 heavy (non-hydrogen) atoms. The van der Waals surface area contributed by atoms with Crippen LogP contribution in [-0.4, -0.2) is 52.3 Å². The molecule has 0 radical (unpaired) electrons. The second-order valence-corrected chi connectivity index (χ2v) is 8.11. The van der Waals surface area contributed by atoms with Crippen molar-refractivity contribution in [2.75, 3.05) is 18.9 Å². The Hall–Kier alpha value is -3.47. The van der Waals surface area contributed by atoms with E-state index in [1.54, 1.807) is 18.3 Å². The number of benzene rings is 1. The highest BCUT2D eigenvalue weighted by molar-refractivity contribution is 5.94. The average molecular weight is 459 g/mol. The molecule has 3 aromatic rings. The van der Waals surface area contributed by atoms with Crippen LogP contribution in [0.1, 0.15) is 26.1 Å². The number of H-pyrrole nitrogens is 1. The number of hydrogen-bond acceptors (Lipinski definition) is 6. The lowest BCUT2D eigenvalue weighted by molar-refractivity contribution is -0.141. The third-order valence-corrected chi connectivity index (χ3v) is 5.54. The van der Waals surface area contributed by atoms with Gasteiger partial charge in [0.2, 0.25) is 0 Å². The number of carbonyl (C=O) groups is 1. The molecule has 4 N–H and O–H groups in total. The average Bonchev–Trinajstić information content (AvgIpc) is 3.24. The smallest absolute Gasteiger partial charge is 0.346 e. The molecule has 0 saturated carbocycles. The number of alkyl halides is 3. The molecule has 0 bridgehead atoms. The Morgan fingerprint density at radius 3 is 2.70 bits per heavy atom. The van der Waals surface area contributed by atoms with Crippen molar-refractivity contribution in [3.8, 4) is 0 Å². The summed E-state index contributed by atoms with van der Waals surface area (Å²) < 4.78 is 37.9. The Morgan fingerprint density at radius 1 is 1.21 bits per heavy atom. The number of fused-ring (bicyclic) bond motifs is 2. The topological polar surface area (TPSA) is 107 Å². The number of aromatic amines is 1. The minimum atomic E-state index is -4.52. The van der Waals surface area contributed by atoms with Gasteiger partial charge in [0.1, 0.15) is 17.9 Å². The van der Waals surface area contributed by atoms with E-state index in [-0.39, 0.29) is 6.04 Å². The predicted molar refractivity (Wildman–Crippen MR) is 118 cm³/mol. The van der Waals surface area contributed by atoms with E-state index in [9.17, 15) is 18.0 Å². The van der Waals surface area contributed by atoms with E-state index in [0.717, 1.165) is 16.3 Å². The van der Waals surface area contributed by atoms with Crippen LogP contribution >= 0.6 is 0 Å². The molecule has 4 rings (SSSR count). The van der Waals surface area contributed by atoms with Crippen LogP contribution in [0.15, 0.2) is 41.5 Å². The van der Waals surface area contributed by atoms with Gasteiger partial charge < -0.3 is 15.6 Å². The Morgan fingerprint density at radius 2 is 1.97 bits per heavy atom. The summed E-state index contributed by atoms with van der Waals surface area (Å²) in [4.78, 5) is 29.8. The molecule has 1 amide bonds. The summed E-state index contributed by atoms with van der Waals surface area (Å²) in [6, 6.07) is 9.18. The molecule has 174 valence electrons. The molecule has 1 aromatic carbocycles. The number of para-hydroxylation sites is 1. The third-order valence-electron chi connectivity index (χ3n) is 5.54. The van der Waals surface area contributed by atoms with Crippen molar-refractivity contribution in [3.63, 3.8) is 0 Å². The molecule has 2 aromatic heterocycles. The standard InChI is InChI=1S/C22H24F3N7O/c1-12-10-15(13-8-9-27-17(13)29-12)18-30-16-7-5-4-6-14(16)19(31-18)32-21(2,26-3)20(33)28-11-22(23,24)25/h4-9,12,26H,10-11H2,1-3H3,(H,27,29)(H,28,33)(H,30,31,32)/t12?,21-/m0/s1. The summed E-state index contributed by atoms with van der Waals surface area (Å²) in [6.07, 6.45) is -2.10. The first-order valence-electron chi connectivity index (χ1n) is 10.4. The van der Waals surface area contributed by atoms with Gasteiger partial charge >= 0.3 is 6.18 Å². The molecule has 11 heteroatoms. The molecule has 1 unspecified atom stereocenters. The fourth-order valence-electron chi connectivity index (χ4n) is 3.73. The van der Waals surface area contributed by atoms with Gasteiger partial charge in [0.15, 0.2) is 11.5 Å². The maximum atomic E-state index is 12.6. The van der Waals surface area contributed by atoms with Crippen molar-refractivity contribution in [1.82, 2.24) is 25.6 Å². The molecule has 0 aliphatic carbocycles. The lowest BCUT2D eigenvalue weighted by Gasteiger charge is -2.30. The highest BCUT2D eigenvalue weighted by Gasteiger charge is 2.36. The van der Waals surface area contributed by atoms with Crippen LogP contribution in [0.5, 0.6) is 0 Å². The highest BCUT2D eigenvalue weighted by Crippen LogP contribution is 2.26. The Balaban J connectivity index is 1.79. The maximum absolute atomic E-state index is 12.6. The molecule has 2 atom stereocenters. The number of carbonyl (C=O) groups excluding carboxylic acids is 1. The second-order valence-electron chi connectivity index (χ2n) is 8.11. The highest BCUT2D eigenvalue weighted by atomic mass is 19.4. The van der Waals surface area contributed by atoms with Gasteiger partial charge in [0.05, 0.1) is 11.6 Å². The summed E-state index contributed by atoms with van der Waals surface area (Å²) in [6.45, 7) is 2.01. The van der Waals surface area contributed by atoms with Crippen molar-refractivity contribution in [3.05, 3.63) is 53.1 Å². The molecule has 8 nitrogen and oxygen atoms in total. The van der Waals surface area contributed by atoms with Gasteiger partial charge in [0.25, 0.3) is 5.91 Å². The molecular weight excluding hydrogens is 435 g/mol. The number of nitrogens with one attached hydrogen (secondary N) is 4. The SMILES string of the molecule is CN[C@@](C)(Nc1nc(C2=c3cc[nH]c3=NC(C)C2)nc2ccccc12)C(=O)NCC(F)(F)F. The molecule has 3 heterocycles. The predicted octanol–water partition coefficient (Wildman–Crippen LogP) is 1.59. The summed E-state index contributed by atoms with van der Waals surface area (Å²) in [5, 5.41) is 9.23. The molecule has 1 aliphatic heterocycles. The van der Waals surface area contributed by atoms with Gasteiger partial charge in [-0.1, -0.05) is 12.1 Å². The first kappa shape index (κ1) is 22.7. The molecule has 0 saturated heterocycles. The number of hydrogen-bond donors (Lipinski definition) is 4. The van der Waals surface area contributed by atoms with Crippen molar-refractivity contribution in [2.24, 2.45) is 4.99 Å². The van der Waals surface area contributed by atoms with Gasteiger partial charge in [0, 0.05) is 22.4 Å². The summed E-state index contributed by atoms with van der Waals surface area (Å²) in [5.74, 6) is -0.0699. The maximum Gasteiger partial charge on any atom is 0.405 e. The number of likely N-dealkylation sites (N-methyl/N-ethyl adjacent to an activating group) is 1. The van der Waals surface area contributed by atoms with Crippen LogP contribution in [0.25, 0.3) is 16.5 Å². The summed E-state index contributed by atoms with van der Waals surface area (Å²) in [5.41, 5.74) is 0.731. The number of aromatic nitrogens is 3. The van der Waals surface area contributed by atoms with Gasteiger partial charge in [-0.3, -0.25) is 15.1 Å². The number of nitrogens with zero attached hydrogens (tertiary/aromatic N) is 3. The zero-order valence-corrected chi connectivity index (χ0v) is 18.3. The van der Waals surface area contributed by atoms with E-state index in [0.29, 0.717) is 29.0 Å². The van der Waals surface area contributed by atoms with E-state index >= 15 is 0 Å². The Labute approximate surface area is 187 Å². The Bertz CT molecular complexity index is 1320. The second kappa shape index (κ2) is 8.47. The largest absolute Gasteiger partial charge is 0.405 e. The number of rotatable bonds is 6. The molecule has 1 aliphatic rings. The van der Waals surface area contributed by atoms with E-state index in [2.05, 4.69) is 20.6 Å². The van der Waals surface area contributed by atoms with Crippen molar-refractivity contribution in [1.29, 1.82) is 0 Å². The third kappa shape index (κ3) is 4.68. The lowest BCUT2D eigenvalue weighted by atomic mass is 10.0. The van der Waals surface area contributed by atoms with E-state index in [1.165, 1.54) is 14.0 Å². The molecule has 0 fully saturated rings. The minimum absolute atomic E-state index is 0.0216. The molecular formula is C22H24F3N7O. The van der Waals surface area contributed by atoms with Gasteiger partial charge in [-0.25, -0.2) is 9.97 Å². The van der Waals surface area contributed by atoms with Crippen LogP contribution < -0.4 is 26.7 Å². The van der Waals surface area contributed by atoms with E-state index in [4.69, 9.17) is 9.97 Å². The number of amides is 1. The minimum Gasteiger partial charge on any atom is -0.346 e. The Kier molecular flexibility index (Phi) is 5.83. The van der Waals surface area contributed by atoms with Crippen LogP contribution in [0.2, 0.25) is 0 Å². The zero-order chi connectivity index (χ0) is 23.8. The van der Waals surface area contributed by atoms with E-state index in [1.807, 2.05) is 30.4 Å². The summed E-state index contributed by atoms with van der Waals surface area (Å²) >= 11 is 0. The summed E-state index contributed by atoms with van der Waals surface area (Å²) in [7, 11) is 1.48. The molecule has 0 spiro atoms. The number of halogens is 3. The van der Waals surface area contributed by atoms with Crippen LogP contribution in [0.3, 0.4) is 0 Å². The van der Waals surface area contributed by atoms with Gasteiger partial charge in [-0.2, -0.15) is 13.2 Å². The number of anilines is 1. The first-order chi connectivity index (χ1) is 15.6. The van der Waals surface area contributed by atoms with Gasteiger partial charge in [-0.05, 0) is 45.5 Å². The zero-order valence-electron chi connectivity index (χ0n) is 18.3. The lowest BCUT2D eigenvalue weighted by Crippen LogP contribution is -2.60. The fourth-order valence-corrected chi connectivity index (χ4v) is 3.73. The van der Waals surface area contributed by atoms with Crippen molar-refractivity contribution in [2.45, 2.75) is 38.1 Å². The van der Waals surface area contributed by atoms with Crippen LogP contribution in [0.4, 0.5) is 19.0 Å². The van der Waals surface area contributed by atoms with Crippen LogP contribution in [-0.2, 0) is 4.79 Å². The van der Waals surface area contributed by atoms with E-state index < -0.39 is 24.3 Å². The quantitative estimate of drug-likeness (QED) is 0.419. The first-order valence-corrected chi connectivity index (χ1v) is 10.4. The van der Waals surface area contributed by atoms with Gasteiger partial charge in [-0.15, -0.1) is 0 Å². The van der Waals surface area contributed by atoms with Crippen molar-refractivity contribution >= 4 is 28.2 Å². The van der Waals surface area contributed by atoms with Crippen LogP contribution in [0, 0.1) is 0 Å². The van der Waals surface area contributed by atoms with Crippen molar-refractivity contribution < 1.29 is 18.0 Å². The monoisotopic (exact) mass is 459 g/mol. The normalized spacial score (nSPS) is 17.8. The fraction of sp³-hybridized carbons (Fsp3) is 0.364.